The third-order valence-electron chi connectivity index (χ3n) is 4.07. The molecular formula is C15H22N2O3. The molecule has 0 aromatic carbocycles. The summed E-state index contributed by atoms with van der Waals surface area (Å²) in [5.74, 6) is 0.517. The van der Waals surface area contributed by atoms with E-state index in [4.69, 9.17) is 0 Å². The summed E-state index contributed by atoms with van der Waals surface area (Å²) in [6.45, 7) is 3.24. The molecule has 0 radical (unpaired) electrons. The molecule has 3 amide bonds. The first-order chi connectivity index (χ1) is 9.58. The molecule has 1 fully saturated rings. The van der Waals surface area contributed by atoms with Crippen LogP contribution in [0.5, 0.6) is 0 Å². The zero-order chi connectivity index (χ0) is 14.5. The number of hydrogen-bond acceptors (Lipinski definition) is 3. The second-order valence-electron chi connectivity index (χ2n) is 5.77. The van der Waals surface area contributed by atoms with Crippen LogP contribution in [0.15, 0.2) is 12.2 Å². The number of imide groups is 1. The first-order valence-corrected chi connectivity index (χ1v) is 7.39. The highest BCUT2D eigenvalue weighted by atomic mass is 16.2. The van der Waals surface area contributed by atoms with Crippen molar-refractivity contribution < 1.29 is 14.4 Å². The molecule has 0 aromatic rings. The van der Waals surface area contributed by atoms with Gasteiger partial charge in [0.15, 0.2) is 0 Å². The Bertz CT molecular complexity index is 413. The minimum atomic E-state index is -0.237. The van der Waals surface area contributed by atoms with Crippen LogP contribution < -0.4 is 5.32 Å². The number of amides is 3. The molecule has 2 aliphatic rings. The molecule has 0 bridgehead atoms. The fraction of sp³-hybridized carbons (Fsp3) is 0.667. The zero-order valence-electron chi connectivity index (χ0n) is 11.9. The number of unbranched alkanes of at least 4 members (excludes halogenated alkanes) is 1. The summed E-state index contributed by atoms with van der Waals surface area (Å²) >= 11 is 0. The van der Waals surface area contributed by atoms with Gasteiger partial charge in [0.1, 0.15) is 0 Å². The third-order valence-corrected chi connectivity index (χ3v) is 4.07. The van der Waals surface area contributed by atoms with E-state index in [0.717, 1.165) is 32.1 Å². The van der Waals surface area contributed by atoms with Crippen molar-refractivity contribution >= 4 is 17.7 Å². The third kappa shape index (κ3) is 3.68. The van der Waals surface area contributed by atoms with Crippen molar-refractivity contribution in [3.63, 3.8) is 0 Å². The predicted molar refractivity (Wildman–Crippen MR) is 74.6 cm³/mol. The average molecular weight is 278 g/mol. The Labute approximate surface area is 119 Å². The molecule has 0 saturated heterocycles. The second-order valence-corrected chi connectivity index (χ2v) is 5.77. The van der Waals surface area contributed by atoms with Crippen LogP contribution in [0, 0.1) is 11.8 Å². The van der Waals surface area contributed by atoms with Crippen molar-refractivity contribution in [2.45, 2.75) is 39.0 Å². The molecule has 20 heavy (non-hydrogen) atoms. The van der Waals surface area contributed by atoms with Crippen molar-refractivity contribution in [2.24, 2.45) is 11.8 Å². The van der Waals surface area contributed by atoms with E-state index in [9.17, 15) is 14.4 Å². The highest BCUT2D eigenvalue weighted by Crippen LogP contribution is 2.30. The molecule has 1 heterocycles. The van der Waals surface area contributed by atoms with E-state index in [2.05, 4.69) is 12.2 Å². The van der Waals surface area contributed by atoms with Crippen LogP contribution in [0.3, 0.4) is 0 Å². The first kappa shape index (κ1) is 14.8. The van der Waals surface area contributed by atoms with Crippen molar-refractivity contribution in [1.82, 2.24) is 10.2 Å². The molecule has 2 rings (SSSR count). The quantitative estimate of drug-likeness (QED) is 0.587. The van der Waals surface area contributed by atoms with Gasteiger partial charge in [-0.1, -0.05) is 6.92 Å². The number of carbonyl (C=O) groups excluding carboxylic acids is 3. The topological polar surface area (TPSA) is 66.5 Å². The van der Waals surface area contributed by atoms with E-state index in [1.165, 1.54) is 17.1 Å². The fourth-order valence-electron chi connectivity index (χ4n) is 2.85. The van der Waals surface area contributed by atoms with Gasteiger partial charge in [0.2, 0.25) is 5.91 Å². The molecule has 1 aliphatic carbocycles. The van der Waals surface area contributed by atoms with Crippen LogP contribution in [0.25, 0.3) is 0 Å². The number of rotatable bonds is 6. The lowest BCUT2D eigenvalue weighted by atomic mass is 10.1. The van der Waals surface area contributed by atoms with Crippen molar-refractivity contribution in [3.8, 4) is 0 Å². The Balaban J connectivity index is 1.57. The number of nitrogens with one attached hydrogen (secondary N) is 1. The van der Waals surface area contributed by atoms with E-state index in [0.29, 0.717) is 19.0 Å². The lowest BCUT2D eigenvalue weighted by molar-refractivity contribution is -0.137. The Morgan fingerprint density at radius 1 is 1.25 bits per heavy atom. The maximum atomic E-state index is 11.9. The molecule has 1 unspecified atom stereocenters. The monoisotopic (exact) mass is 278 g/mol. The molecule has 1 N–H and O–H groups in total. The number of carbonyl (C=O) groups is 3. The van der Waals surface area contributed by atoms with Crippen molar-refractivity contribution in [3.05, 3.63) is 12.2 Å². The first-order valence-electron chi connectivity index (χ1n) is 7.39. The fourth-order valence-corrected chi connectivity index (χ4v) is 2.85. The van der Waals surface area contributed by atoms with E-state index >= 15 is 0 Å². The molecule has 5 nitrogen and oxygen atoms in total. The summed E-state index contributed by atoms with van der Waals surface area (Å²) < 4.78 is 0. The highest BCUT2D eigenvalue weighted by Gasteiger charge is 2.27. The molecule has 1 saturated carbocycles. The van der Waals surface area contributed by atoms with Crippen LogP contribution in [0.2, 0.25) is 0 Å². The van der Waals surface area contributed by atoms with Crippen LogP contribution in [0.1, 0.15) is 39.0 Å². The smallest absolute Gasteiger partial charge is 0.253 e. The summed E-state index contributed by atoms with van der Waals surface area (Å²) in [5.41, 5.74) is 0. The molecule has 1 aliphatic heterocycles. The summed E-state index contributed by atoms with van der Waals surface area (Å²) in [7, 11) is 0. The van der Waals surface area contributed by atoms with E-state index in [-0.39, 0.29) is 23.6 Å². The molecule has 2 atom stereocenters. The maximum absolute atomic E-state index is 11.9. The molecule has 5 heteroatoms. The number of nitrogens with zero attached hydrogens (tertiary/aromatic N) is 1. The van der Waals surface area contributed by atoms with E-state index < -0.39 is 0 Å². The zero-order valence-corrected chi connectivity index (χ0v) is 11.9. The second kappa shape index (κ2) is 6.68. The lowest BCUT2D eigenvalue weighted by Crippen LogP contribution is -2.33. The molecule has 110 valence electrons. The van der Waals surface area contributed by atoms with Crippen LogP contribution in [-0.2, 0) is 14.4 Å². The van der Waals surface area contributed by atoms with Gasteiger partial charge in [0.25, 0.3) is 11.8 Å². The minimum absolute atomic E-state index is 0.157. The predicted octanol–water partition coefficient (Wildman–Crippen LogP) is 1.24. The van der Waals surface area contributed by atoms with Crippen LogP contribution in [-0.4, -0.2) is 35.7 Å². The molecule has 0 spiro atoms. The van der Waals surface area contributed by atoms with E-state index in [1.54, 1.807) is 0 Å². The van der Waals surface area contributed by atoms with Gasteiger partial charge >= 0.3 is 0 Å². The lowest BCUT2D eigenvalue weighted by Gasteiger charge is -2.14. The van der Waals surface area contributed by atoms with Crippen molar-refractivity contribution in [2.75, 3.05) is 13.1 Å². The highest BCUT2D eigenvalue weighted by molar-refractivity contribution is 6.12. The largest absolute Gasteiger partial charge is 0.356 e. The SMILES string of the molecule is C[C@H]1CCC(C(=O)NCCCCN2C(=O)C=CC2=O)C1. The van der Waals surface area contributed by atoms with Gasteiger partial charge in [-0.15, -0.1) is 0 Å². The summed E-state index contributed by atoms with van der Waals surface area (Å²) in [6.07, 6.45) is 7.23. The Hall–Kier alpha value is -1.65. The normalized spacial score (nSPS) is 25.6. The van der Waals surface area contributed by atoms with Gasteiger partial charge in [0, 0.05) is 31.2 Å². The van der Waals surface area contributed by atoms with Crippen LogP contribution in [0.4, 0.5) is 0 Å². The van der Waals surface area contributed by atoms with Crippen LogP contribution >= 0.6 is 0 Å². The van der Waals surface area contributed by atoms with Crippen molar-refractivity contribution in [1.29, 1.82) is 0 Å². The molecule has 0 aromatic heterocycles. The Morgan fingerprint density at radius 3 is 2.55 bits per heavy atom. The Kier molecular flexibility index (Phi) is 4.93. The Morgan fingerprint density at radius 2 is 1.95 bits per heavy atom. The standard InChI is InChI=1S/C15H22N2O3/c1-11-4-5-12(10-11)15(20)16-8-2-3-9-17-13(18)6-7-14(17)19/h6-7,11-12H,2-5,8-10H2,1H3,(H,16,20)/t11-,12?/m0/s1. The summed E-state index contributed by atoms with van der Waals surface area (Å²) in [5, 5.41) is 2.95. The van der Waals surface area contributed by atoms with Gasteiger partial charge in [-0.05, 0) is 38.0 Å². The summed E-state index contributed by atoms with van der Waals surface area (Å²) in [4.78, 5) is 35.7. The summed E-state index contributed by atoms with van der Waals surface area (Å²) in [6, 6.07) is 0. The molecular weight excluding hydrogens is 256 g/mol. The average Bonchev–Trinajstić information content (AvgIpc) is 2.98. The van der Waals surface area contributed by atoms with Gasteiger partial charge in [-0.25, -0.2) is 0 Å². The van der Waals surface area contributed by atoms with Gasteiger partial charge in [-0.2, -0.15) is 0 Å². The minimum Gasteiger partial charge on any atom is -0.356 e. The van der Waals surface area contributed by atoms with E-state index in [1.807, 2.05) is 0 Å². The maximum Gasteiger partial charge on any atom is 0.253 e. The van der Waals surface area contributed by atoms with Gasteiger partial charge < -0.3 is 5.32 Å². The number of hydrogen-bond donors (Lipinski definition) is 1. The van der Waals surface area contributed by atoms with Gasteiger partial charge in [0.05, 0.1) is 0 Å². The van der Waals surface area contributed by atoms with Gasteiger partial charge in [-0.3, -0.25) is 19.3 Å².